The fourth-order valence-electron chi connectivity index (χ4n) is 3.58. The smallest absolute Gasteiger partial charge is 0.263 e. The Labute approximate surface area is 179 Å². The molecular weight excluding hydrogens is 422 g/mol. The molecule has 1 amide bonds. The largest absolute Gasteiger partial charge is 0.348 e. The number of carbonyl (C=O) groups is 1. The van der Waals surface area contributed by atoms with E-state index in [0.717, 1.165) is 28.2 Å². The molecule has 1 aliphatic heterocycles. The average molecular weight is 440 g/mol. The van der Waals surface area contributed by atoms with Gasteiger partial charge < -0.3 is 5.32 Å². The van der Waals surface area contributed by atoms with E-state index in [1.165, 1.54) is 27.1 Å². The summed E-state index contributed by atoms with van der Waals surface area (Å²) < 4.78 is 1.41. The maximum atomic E-state index is 13.1. The van der Waals surface area contributed by atoms with Crippen molar-refractivity contribution in [1.29, 1.82) is 0 Å². The summed E-state index contributed by atoms with van der Waals surface area (Å²) in [5.74, 6) is 0.793. The van der Waals surface area contributed by atoms with Gasteiger partial charge in [-0.3, -0.25) is 14.2 Å². The van der Waals surface area contributed by atoms with E-state index in [1.807, 2.05) is 46.8 Å². The first-order valence-electron chi connectivity index (χ1n) is 9.22. The van der Waals surface area contributed by atoms with Crippen LogP contribution in [0.2, 0.25) is 0 Å². The zero-order chi connectivity index (χ0) is 19.8. The van der Waals surface area contributed by atoms with Gasteiger partial charge >= 0.3 is 0 Å². The highest BCUT2D eigenvalue weighted by Gasteiger charge is 2.22. The molecule has 0 spiro atoms. The molecule has 1 aliphatic rings. The van der Waals surface area contributed by atoms with Crippen molar-refractivity contribution >= 4 is 50.6 Å². The molecule has 1 unspecified atom stereocenters. The van der Waals surface area contributed by atoms with E-state index in [4.69, 9.17) is 0 Å². The van der Waals surface area contributed by atoms with Gasteiger partial charge in [-0.2, -0.15) is 0 Å². The Bertz CT molecular complexity index is 1240. The lowest BCUT2D eigenvalue weighted by atomic mass is 10.0. The number of carbonyl (C=O) groups excluding carboxylic acids is 1. The summed E-state index contributed by atoms with van der Waals surface area (Å²) in [5, 5.41) is 7.64. The fraction of sp³-hybridized carbons (Fsp3) is 0.190. The minimum Gasteiger partial charge on any atom is -0.348 e. The van der Waals surface area contributed by atoms with Crippen LogP contribution in [0.15, 0.2) is 63.2 Å². The zero-order valence-electron chi connectivity index (χ0n) is 15.3. The number of amides is 1. The molecule has 1 atom stereocenters. The van der Waals surface area contributed by atoms with Crippen LogP contribution in [0, 0.1) is 0 Å². The molecule has 3 aromatic heterocycles. The van der Waals surface area contributed by atoms with Gasteiger partial charge in [0.15, 0.2) is 0 Å². The van der Waals surface area contributed by atoms with Crippen molar-refractivity contribution in [3.63, 3.8) is 0 Å². The number of aromatic nitrogens is 2. The Morgan fingerprint density at radius 1 is 1.21 bits per heavy atom. The summed E-state index contributed by atoms with van der Waals surface area (Å²) in [7, 11) is 0. The number of rotatable bonds is 4. The van der Waals surface area contributed by atoms with Gasteiger partial charge in [-0.05, 0) is 29.5 Å². The van der Waals surface area contributed by atoms with Crippen LogP contribution < -0.4 is 10.9 Å². The van der Waals surface area contributed by atoms with E-state index >= 15 is 0 Å². The van der Waals surface area contributed by atoms with Crippen LogP contribution in [0.3, 0.4) is 0 Å². The van der Waals surface area contributed by atoms with Crippen LogP contribution in [-0.4, -0.2) is 21.2 Å². The number of hydrogen-bond donors (Lipinski definition) is 1. The molecular formula is C21H17N3O2S3. The number of nitrogens with zero attached hydrogens (tertiary/aromatic N) is 2. The van der Waals surface area contributed by atoms with E-state index in [9.17, 15) is 9.59 Å². The van der Waals surface area contributed by atoms with Crippen molar-refractivity contribution in [2.24, 2.45) is 0 Å². The maximum Gasteiger partial charge on any atom is 0.263 e. The van der Waals surface area contributed by atoms with Gasteiger partial charge in [-0.15, -0.1) is 34.4 Å². The van der Waals surface area contributed by atoms with E-state index in [2.05, 4.69) is 22.4 Å². The Kier molecular flexibility index (Phi) is 4.99. The second-order valence-electron chi connectivity index (χ2n) is 6.78. The van der Waals surface area contributed by atoms with Gasteiger partial charge in [0.25, 0.3) is 5.56 Å². The van der Waals surface area contributed by atoms with Gasteiger partial charge in [0.05, 0.1) is 17.8 Å². The molecule has 29 heavy (non-hydrogen) atoms. The molecule has 8 heteroatoms. The number of fused-ring (bicyclic) bond motifs is 2. The molecule has 146 valence electrons. The highest BCUT2D eigenvalue weighted by Crippen LogP contribution is 2.36. The summed E-state index contributed by atoms with van der Waals surface area (Å²) in [5.41, 5.74) is 1.87. The molecule has 0 saturated carbocycles. The molecule has 0 bridgehead atoms. The van der Waals surface area contributed by atoms with Gasteiger partial charge in [0.1, 0.15) is 11.4 Å². The van der Waals surface area contributed by atoms with Crippen LogP contribution in [0.5, 0.6) is 0 Å². The topological polar surface area (TPSA) is 64.0 Å². The highest BCUT2D eigenvalue weighted by molar-refractivity contribution is 7.99. The maximum absolute atomic E-state index is 13.1. The first-order chi connectivity index (χ1) is 14.2. The van der Waals surface area contributed by atoms with Crippen molar-refractivity contribution in [2.45, 2.75) is 23.9 Å². The van der Waals surface area contributed by atoms with Crippen LogP contribution in [0.25, 0.3) is 20.7 Å². The number of benzene rings is 1. The van der Waals surface area contributed by atoms with Crippen molar-refractivity contribution in [1.82, 2.24) is 14.9 Å². The standard InChI is InChI=1S/C21H17N3O2S3/c25-18(23-15-7-9-28-16-5-2-1-4-13(15)16)10-24-12-22-20-19(21(24)26)14(11-29-20)17-6-3-8-27-17/h1-6,8,11-12,15H,7,9-10H2,(H,23,25). The highest BCUT2D eigenvalue weighted by atomic mass is 32.2. The average Bonchev–Trinajstić information content (AvgIpc) is 3.40. The second-order valence-corrected chi connectivity index (χ2v) is 9.72. The fourth-order valence-corrected chi connectivity index (χ4v) is 6.43. The Morgan fingerprint density at radius 2 is 2.10 bits per heavy atom. The lowest BCUT2D eigenvalue weighted by molar-refractivity contribution is -0.122. The molecule has 5 rings (SSSR count). The number of hydrogen-bond acceptors (Lipinski definition) is 6. The Morgan fingerprint density at radius 3 is 2.97 bits per heavy atom. The van der Waals surface area contributed by atoms with Crippen LogP contribution in [0.1, 0.15) is 18.0 Å². The van der Waals surface area contributed by atoms with E-state index in [0.29, 0.717) is 10.2 Å². The van der Waals surface area contributed by atoms with Gasteiger partial charge in [0.2, 0.25) is 5.91 Å². The van der Waals surface area contributed by atoms with Gasteiger partial charge in [-0.1, -0.05) is 24.3 Å². The molecule has 5 nitrogen and oxygen atoms in total. The minimum atomic E-state index is -0.173. The molecule has 1 aromatic carbocycles. The molecule has 1 N–H and O–H groups in total. The zero-order valence-corrected chi connectivity index (χ0v) is 17.8. The van der Waals surface area contributed by atoms with Crippen molar-refractivity contribution in [3.8, 4) is 10.4 Å². The van der Waals surface area contributed by atoms with E-state index in [-0.39, 0.29) is 24.1 Å². The first kappa shape index (κ1) is 18.6. The summed E-state index contributed by atoms with van der Waals surface area (Å²) in [4.78, 5) is 33.2. The quantitative estimate of drug-likeness (QED) is 0.507. The molecule has 4 heterocycles. The predicted octanol–water partition coefficient (Wildman–Crippen LogP) is 4.54. The number of nitrogens with one attached hydrogen (secondary N) is 1. The summed E-state index contributed by atoms with van der Waals surface area (Å²) in [6.45, 7) is -0.0344. The molecule has 4 aromatic rings. The molecule has 0 fully saturated rings. The van der Waals surface area contributed by atoms with E-state index < -0.39 is 0 Å². The van der Waals surface area contributed by atoms with Gasteiger partial charge in [-0.25, -0.2) is 4.98 Å². The third-order valence-electron chi connectivity index (χ3n) is 4.96. The van der Waals surface area contributed by atoms with Crippen molar-refractivity contribution in [2.75, 3.05) is 5.75 Å². The molecule has 0 radical (unpaired) electrons. The second kappa shape index (κ2) is 7.78. The molecule has 0 aliphatic carbocycles. The Hall–Kier alpha value is -2.42. The first-order valence-corrected chi connectivity index (χ1v) is 12.0. The lowest BCUT2D eigenvalue weighted by Gasteiger charge is -2.26. The third-order valence-corrected chi connectivity index (χ3v) is 7.87. The van der Waals surface area contributed by atoms with Crippen LogP contribution >= 0.6 is 34.4 Å². The SMILES string of the molecule is O=C(Cn1cnc2scc(-c3cccs3)c2c1=O)NC1CCSc2ccccc21. The summed E-state index contributed by atoms with van der Waals surface area (Å²) in [6, 6.07) is 12.1. The lowest BCUT2D eigenvalue weighted by Crippen LogP contribution is -2.35. The monoisotopic (exact) mass is 439 g/mol. The summed E-state index contributed by atoms with van der Waals surface area (Å²) >= 11 is 4.86. The predicted molar refractivity (Wildman–Crippen MR) is 120 cm³/mol. The van der Waals surface area contributed by atoms with Crippen molar-refractivity contribution in [3.05, 3.63) is 69.4 Å². The van der Waals surface area contributed by atoms with Crippen molar-refractivity contribution < 1.29 is 4.79 Å². The number of thiophene rings is 2. The summed E-state index contributed by atoms with van der Waals surface area (Å²) in [6.07, 6.45) is 2.36. The van der Waals surface area contributed by atoms with Crippen LogP contribution in [0.4, 0.5) is 0 Å². The Balaban J connectivity index is 1.41. The van der Waals surface area contributed by atoms with Crippen LogP contribution in [-0.2, 0) is 11.3 Å². The normalized spacial score (nSPS) is 15.9. The van der Waals surface area contributed by atoms with E-state index in [1.54, 1.807) is 11.3 Å². The molecule has 0 saturated heterocycles. The van der Waals surface area contributed by atoms with Gasteiger partial charge in [0, 0.05) is 26.5 Å². The third kappa shape index (κ3) is 3.52. The number of thioether (sulfide) groups is 1. The minimum absolute atomic E-state index is 0.0184.